The van der Waals surface area contributed by atoms with Gasteiger partial charge in [0.2, 0.25) is 5.82 Å². The van der Waals surface area contributed by atoms with E-state index in [1.54, 1.807) is 24.5 Å². The van der Waals surface area contributed by atoms with Crippen molar-refractivity contribution in [1.29, 1.82) is 0 Å². The van der Waals surface area contributed by atoms with Crippen LogP contribution < -0.4 is 5.32 Å². The minimum absolute atomic E-state index is 0.208. The first-order valence-electron chi connectivity index (χ1n) is 7.13. The first kappa shape index (κ1) is 14.5. The second-order valence-corrected chi connectivity index (χ2v) is 5.08. The third kappa shape index (κ3) is 3.40. The summed E-state index contributed by atoms with van der Waals surface area (Å²) in [5.41, 5.74) is 2.04. The van der Waals surface area contributed by atoms with Gasteiger partial charge in [0.1, 0.15) is 11.6 Å². The van der Waals surface area contributed by atoms with Crippen LogP contribution >= 0.6 is 0 Å². The number of furan rings is 1. The van der Waals surface area contributed by atoms with Crippen LogP contribution in [0.4, 0.5) is 4.39 Å². The van der Waals surface area contributed by atoms with Gasteiger partial charge in [0.05, 0.1) is 6.26 Å². The number of benzene rings is 1. The van der Waals surface area contributed by atoms with Gasteiger partial charge in [0, 0.05) is 19.5 Å². The van der Waals surface area contributed by atoms with Crippen LogP contribution in [0.15, 0.2) is 41.0 Å². The van der Waals surface area contributed by atoms with E-state index in [2.05, 4.69) is 20.5 Å². The molecular weight excluding hydrogens is 283 g/mol. The maximum Gasteiger partial charge on any atom is 0.216 e. The Balaban J connectivity index is 1.50. The standard InChI is InChI=1S/C16H17FN4O/c1-11-4-5-13(17)9-12(11)10-18-7-6-15-19-16(21-20-15)14-3-2-8-22-14/h2-5,8-9,18H,6-7,10H2,1H3,(H,19,20,21). The highest BCUT2D eigenvalue weighted by molar-refractivity contribution is 5.45. The lowest BCUT2D eigenvalue weighted by atomic mass is 10.1. The summed E-state index contributed by atoms with van der Waals surface area (Å²) in [4.78, 5) is 4.37. The van der Waals surface area contributed by atoms with Crippen LogP contribution in [0.1, 0.15) is 17.0 Å². The van der Waals surface area contributed by atoms with Crippen molar-refractivity contribution in [2.75, 3.05) is 6.54 Å². The van der Waals surface area contributed by atoms with Gasteiger partial charge in [-0.2, -0.15) is 5.10 Å². The monoisotopic (exact) mass is 300 g/mol. The van der Waals surface area contributed by atoms with E-state index in [4.69, 9.17) is 4.42 Å². The lowest BCUT2D eigenvalue weighted by molar-refractivity contribution is 0.577. The number of H-pyrrole nitrogens is 1. The van der Waals surface area contributed by atoms with Crippen LogP contribution in [0, 0.1) is 12.7 Å². The molecule has 3 aromatic rings. The number of hydrogen-bond acceptors (Lipinski definition) is 4. The maximum absolute atomic E-state index is 13.2. The molecule has 114 valence electrons. The van der Waals surface area contributed by atoms with Gasteiger partial charge in [-0.25, -0.2) is 9.37 Å². The van der Waals surface area contributed by atoms with Crippen LogP contribution in [-0.2, 0) is 13.0 Å². The molecule has 0 aliphatic rings. The average molecular weight is 300 g/mol. The van der Waals surface area contributed by atoms with Gasteiger partial charge in [0.15, 0.2) is 5.76 Å². The van der Waals surface area contributed by atoms with Gasteiger partial charge in [-0.1, -0.05) is 6.07 Å². The molecule has 0 spiro atoms. The number of halogens is 1. The number of aromatic nitrogens is 3. The summed E-state index contributed by atoms with van der Waals surface area (Å²) < 4.78 is 18.4. The molecule has 5 nitrogen and oxygen atoms in total. The third-order valence-electron chi connectivity index (χ3n) is 3.44. The second-order valence-electron chi connectivity index (χ2n) is 5.08. The lowest BCUT2D eigenvalue weighted by Crippen LogP contribution is -2.18. The summed E-state index contributed by atoms with van der Waals surface area (Å²) in [6.07, 6.45) is 2.30. The summed E-state index contributed by atoms with van der Waals surface area (Å²) in [5, 5.41) is 10.3. The van der Waals surface area contributed by atoms with Crippen molar-refractivity contribution in [3.8, 4) is 11.6 Å². The van der Waals surface area contributed by atoms with Gasteiger partial charge in [-0.3, -0.25) is 5.10 Å². The molecule has 0 amide bonds. The molecule has 0 saturated carbocycles. The van der Waals surface area contributed by atoms with Gasteiger partial charge < -0.3 is 9.73 Å². The Morgan fingerprint density at radius 2 is 2.23 bits per heavy atom. The molecule has 0 aliphatic heterocycles. The fourth-order valence-electron chi connectivity index (χ4n) is 2.18. The minimum Gasteiger partial charge on any atom is -0.461 e. The van der Waals surface area contributed by atoms with Crippen molar-refractivity contribution in [2.24, 2.45) is 0 Å². The molecule has 0 aliphatic carbocycles. The molecule has 2 N–H and O–H groups in total. The van der Waals surface area contributed by atoms with Crippen molar-refractivity contribution in [3.63, 3.8) is 0 Å². The van der Waals surface area contributed by atoms with Crippen molar-refractivity contribution < 1.29 is 8.81 Å². The SMILES string of the molecule is Cc1ccc(F)cc1CNCCc1nc(-c2ccco2)n[nH]1. The lowest BCUT2D eigenvalue weighted by Gasteiger charge is -2.07. The summed E-state index contributed by atoms with van der Waals surface area (Å²) in [6, 6.07) is 8.44. The topological polar surface area (TPSA) is 66.7 Å². The van der Waals surface area contributed by atoms with E-state index >= 15 is 0 Å². The molecule has 0 fully saturated rings. The Kier molecular flexibility index (Phi) is 4.29. The smallest absolute Gasteiger partial charge is 0.216 e. The Labute approximate surface area is 127 Å². The highest BCUT2D eigenvalue weighted by Crippen LogP contribution is 2.14. The molecule has 0 unspecified atom stereocenters. The average Bonchev–Trinajstić information content (AvgIpc) is 3.17. The summed E-state index contributed by atoms with van der Waals surface area (Å²) in [7, 11) is 0. The minimum atomic E-state index is -0.208. The molecular formula is C16H17FN4O. The highest BCUT2D eigenvalue weighted by atomic mass is 19.1. The molecule has 2 heterocycles. The van der Waals surface area contributed by atoms with Crippen molar-refractivity contribution in [3.05, 3.63) is 59.4 Å². The predicted molar refractivity (Wildman–Crippen MR) is 80.6 cm³/mol. The molecule has 0 saturated heterocycles. The van der Waals surface area contributed by atoms with E-state index in [1.807, 2.05) is 13.0 Å². The van der Waals surface area contributed by atoms with Crippen LogP contribution in [0.25, 0.3) is 11.6 Å². The Bertz CT molecular complexity index is 736. The zero-order valence-corrected chi connectivity index (χ0v) is 12.3. The third-order valence-corrected chi connectivity index (χ3v) is 3.44. The van der Waals surface area contributed by atoms with E-state index in [0.717, 1.165) is 23.5 Å². The quantitative estimate of drug-likeness (QED) is 0.687. The number of nitrogens with zero attached hydrogens (tertiary/aromatic N) is 2. The first-order valence-corrected chi connectivity index (χ1v) is 7.13. The largest absolute Gasteiger partial charge is 0.461 e. The van der Waals surface area contributed by atoms with Crippen LogP contribution in [-0.4, -0.2) is 21.7 Å². The molecule has 22 heavy (non-hydrogen) atoms. The predicted octanol–water partition coefficient (Wildman–Crippen LogP) is 2.84. The first-order chi connectivity index (χ1) is 10.7. The number of aryl methyl sites for hydroxylation is 1. The Morgan fingerprint density at radius 1 is 1.32 bits per heavy atom. The fourth-order valence-corrected chi connectivity index (χ4v) is 2.18. The summed E-state index contributed by atoms with van der Waals surface area (Å²) in [6.45, 7) is 3.33. The van der Waals surface area contributed by atoms with Crippen molar-refractivity contribution in [2.45, 2.75) is 19.9 Å². The molecule has 2 aromatic heterocycles. The van der Waals surface area contributed by atoms with Crippen molar-refractivity contribution >= 4 is 0 Å². The molecule has 0 atom stereocenters. The normalized spacial score (nSPS) is 11.0. The zero-order valence-electron chi connectivity index (χ0n) is 12.3. The number of nitrogens with one attached hydrogen (secondary N) is 2. The van der Waals surface area contributed by atoms with Gasteiger partial charge in [-0.05, 0) is 42.3 Å². The van der Waals surface area contributed by atoms with E-state index in [9.17, 15) is 4.39 Å². The van der Waals surface area contributed by atoms with Crippen molar-refractivity contribution in [1.82, 2.24) is 20.5 Å². The van der Waals surface area contributed by atoms with Gasteiger partial charge in [-0.15, -0.1) is 0 Å². The second kappa shape index (κ2) is 6.53. The number of rotatable bonds is 6. The number of aromatic amines is 1. The summed E-state index contributed by atoms with van der Waals surface area (Å²) in [5.74, 6) is 1.78. The summed E-state index contributed by atoms with van der Waals surface area (Å²) >= 11 is 0. The molecule has 0 bridgehead atoms. The molecule has 6 heteroatoms. The van der Waals surface area contributed by atoms with Gasteiger partial charge >= 0.3 is 0 Å². The van der Waals surface area contributed by atoms with E-state index in [0.29, 0.717) is 24.6 Å². The zero-order chi connectivity index (χ0) is 15.4. The molecule has 1 aromatic carbocycles. The maximum atomic E-state index is 13.2. The van der Waals surface area contributed by atoms with E-state index in [-0.39, 0.29) is 5.82 Å². The Morgan fingerprint density at radius 3 is 3.05 bits per heavy atom. The number of hydrogen-bond donors (Lipinski definition) is 2. The van der Waals surface area contributed by atoms with Crippen LogP contribution in [0.2, 0.25) is 0 Å². The Hall–Kier alpha value is -2.47. The van der Waals surface area contributed by atoms with E-state index in [1.165, 1.54) is 6.07 Å². The van der Waals surface area contributed by atoms with Gasteiger partial charge in [0.25, 0.3) is 0 Å². The molecule has 3 rings (SSSR count). The highest BCUT2D eigenvalue weighted by Gasteiger charge is 2.08. The molecule has 0 radical (unpaired) electrons. The van der Waals surface area contributed by atoms with E-state index < -0.39 is 0 Å². The van der Waals surface area contributed by atoms with Crippen LogP contribution in [0.3, 0.4) is 0 Å². The fraction of sp³-hybridized carbons (Fsp3) is 0.250. The van der Waals surface area contributed by atoms with Crippen LogP contribution in [0.5, 0.6) is 0 Å².